The van der Waals surface area contributed by atoms with Gasteiger partial charge in [0, 0.05) is 18.8 Å². The molecule has 2 heterocycles. The molecule has 1 aromatic heterocycles. The Kier molecular flexibility index (Phi) is 6.12. The maximum atomic E-state index is 13.2. The van der Waals surface area contributed by atoms with Crippen LogP contribution < -0.4 is 15.6 Å². The first kappa shape index (κ1) is 19.8. The number of para-hydroxylation sites is 1. The number of halogens is 1. The van der Waals surface area contributed by atoms with Crippen molar-refractivity contribution >= 4 is 29.2 Å². The summed E-state index contributed by atoms with van der Waals surface area (Å²) >= 11 is 0. The van der Waals surface area contributed by atoms with Gasteiger partial charge in [-0.2, -0.15) is 20.1 Å². The molecule has 0 unspecified atom stereocenters. The lowest BCUT2D eigenvalue weighted by Gasteiger charge is -2.26. The summed E-state index contributed by atoms with van der Waals surface area (Å²) in [4.78, 5) is 15.8. The minimum atomic E-state index is -0.278. The molecule has 1 saturated heterocycles. The van der Waals surface area contributed by atoms with E-state index in [2.05, 4.69) is 35.7 Å². The van der Waals surface area contributed by atoms with Crippen LogP contribution >= 0.6 is 0 Å². The highest BCUT2D eigenvalue weighted by molar-refractivity contribution is 5.98. The van der Waals surface area contributed by atoms with Crippen LogP contribution in [-0.4, -0.2) is 33.8 Å². The van der Waals surface area contributed by atoms with Gasteiger partial charge in [0.15, 0.2) is 0 Å². The Labute approximate surface area is 175 Å². The van der Waals surface area contributed by atoms with Gasteiger partial charge in [0.2, 0.25) is 17.8 Å². The Morgan fingerprint density at radius 3 is 2.33 bits per heavy atom. The standard InChI is InChI=1S/C22H24FN7/c1-16(17-10-12-18(23)13-11-17)28-29-21-25-20(24-19-8-4-2-5-9-19)26-22(27-21)30-14-6-3-7-15-30/h2,4-5,8-13H,3,6-7,14-15H2,1H3,(H2,24,25,26,27,29)/b28-16+. The third-order valence-electron chi connectivity index (χ3n) is 4.88. The third-order valence-corrected chi connectivity index (χ3v) is 4.88. The molecule has 0 aliphatic carbocycles. The average Bonchev–Trinajstić information content (AvgIpc) is 2.79. The molecule has 7 nitrogen and oxygen atoms in total. The van der Waals surface area contributed by atoms with E-state index in [4.69, 9.17) is 0 Å². The van der Waals surface area contributed by atoms with Gasteiger partial charge in [-0.1, -0.05) is 30.3 Å². The number of hydrogen-bond donors (Lipinski definition) is 2. The first-order valence-corrected chi connectivity index (χ1v) is 10.1. The van der Waals surface area contributed by atoms with E-state index < -0.39 is 0 Å². The van der Waals surface area contributed by atoms with Crippen molar-refractivity contribution in [2.45, 2.75) is 26.2 Å². The normalized spacial score (nSPS) is 14.5. The molecule has 30 heavy (non-hydrogen) atoms. The SMILES string of the molecule is C/C(=N\Nc1nc(Nc2ccccc2)nc(N2CCCCC2)n1)c1ccc(F)cc1. The van der Waals surface area contributed by atoms with E-state index in [0.717, 1.165) is 37.2 Å². The smallest absolute Gasteiger partial charge is 0.250 e. The van der Waals surface area contributed by atoms with E-state index in [1.807, 2.05) is 37.3 Å². The predicted octanol–water partition coefficient (Wildman–Crippen LogP) is 4.58. The number of hydrogen-bond acceptors (Lipinski definition) is 7. The number of anilines is 4. The summed E-state index contributed by atoms with van der Waals surface area (Å²) in [6, 6.07) is 16.0. The number of piperidine rings is 1. The monoisotopic (exact) mass is 405 g/mol. The summed E-state index contributed by atoms with van der Waals surface area (Å²) in [7, 11) is 0. The van der Waals surface area contributed by atoms with E-state index >= 15 is 0 Å². The van der Waals surface area contributed by atoms with Crippen LogP contribution in [0.3, 0.4) is 0 Å². The van der Waals surface area contributed by atoms with E-state index in [0.29, 0.717) is 23.6 Å². The van der Waals surface area contributed by atoms with Gasteiger partial charge < -0.3 is 10.2 Å². The van der Waals surface area contributed by atoms with Crippen LogP contribution in [0, 0.1) is 5.82 Å². The highest BCUT2D eigenvalue weighted by Crippen LogP contribution is 2.20. The second-order valence-electron chi connectivity index (χ2n) is 7.14. The first-order valence-electron chi connectivity index (χ1n) is 10.1. The molecule has 0 atom stereocenters. The molecule has 0 bridgehead atoms. The van der Waals surface area contributed by atoms with Gasteiger partial charge in [0.1, 0.15) is 5.82 Å². The molecule has 1 aliphatic heterocycles. The highest BCUT2D eigenvalue weighted by atomic mass is 19.1. The summed E-state index contributed by atoms with van der Waals surface area (Å²) in [5.74, 6) is 1.15. The van der Waals surface area contributed by atoms with E-state index in [9.17, 15) is 4.39 Å². The molecule has 1 fully saturated rings. The number of nitrogens with one attached hydrogen (secondary N) is 2. The fourth-order valence-corrected chi connectivity index (χ4v) is 3.25. The quantitative estimate of drug-likeness (QED) is 0.462. The zero-order valence-electron chi connectivity index (χ0n) is 16.8. The maximum absolute atomic E-state index is 13.2. The van der Waals surface area contributed by atoms with E-state index in [1.54, 1.807) is 12.1 Å². The van der Waals surface area contributed by atoms with Crippen LogP contribution in [0.15, 0.2) is 59.7 Å². The number of hydrazone groups is 1. The molecule has 2 N–H and O–H groups in total. The highest BCUT2D eigenvalue weighted by Gasteiger charge is 2.16. The van der Waals surface area contributed by atoms with Crippen molar-refractivity contribution in [2.75, 3.05) is 28.7 Å². The molecule has 0 amide bonds. The lowest BCUT2D eigenvalue weighted by Crippen LogP contribution is -2.31. The van der Waals surface area contributed by atoms with Gasteiger partial charge in [-0.15, -0.1) is 0 Å². The van der Waals surface area contributed by atoms with E-state index in [1.165, 1.54) is 18.6 Å². The summed E-state index contributed by atoms with van der Waals surface area (Å²) in [5.41, 5.74) is 5.34. The second-order valence-corrected chi connectivity index (χ2v) is 7.14. The molecule has 0 radical (unpaired) electrons. The van der Waals surface area contributed by atoms with Crippen LogP contribution in [0.5, 0.6) is 0 Å². The van der Waals surface area contributed by atoms with Gasteiger partial charge in [0.05, 0.1) is 5.71 Å². The third kappa shape index (κ3) is 5.08. The van der Waals surface area contributed by atoms with Gasteiger partial charge in [-0.25, -0.2) is 9.82 Å². The molecule has 8 heteroatoms. The minimum Gasteiger partial charge on any atom is -0.341 e. The van der Waals surface area contributed by atoms with Crippen LogP contribution in [0.25, 0.3) is 0 Å². The number of nitrogens with zero attached hydrogens (tertiary/aromatic N) is 5. The van der Waals surface area contributed by atoms with Gasteiger partial charge >= 0.3 is 0 Å². The Balaban J connectivity index is 1.59. The van der Waals surface area contributed by atoms with Gasteiger partial charge in [-0.3, -0.25) is 0 Å². The summed E-state index contributed by atoms with van der Waals surface area (Å²) in [6.45, 7) is 3.69. The predicted molar refractivity (Wildman–Crippen MR) is 118 cm³/mol. The number of benzene rings is 2. The lowest BCUT2D eigenvalue weighted by atomic mass is 10.1. The Morgan fingerprint density at radius 1 is 0.900 bits per heavy atom. The van der Waals surface area contributed by atoms with Crippen molar-refractivity contribution in [1.82, 2.24) is 15.0 Å². The Morgan fingerprint density at radius 2 is 1.60 bits per heavy atom. The molecule has 2 aromatic carbocycles. The average molecular weight is 405 g/mol. The summed E-state index contributed by atoms with van der Waals surface area (Å²) in [6.07, 6.45) is 3.47. The van der Waals surface area contributed by atoms with Crippen molar-refractivity contribution in [3.05, 3.63) is 66.0 Å². The van der Waals surface area contributed by atoms with Gasteiger partial charge in [0.25, 0.3) is 0 Å². The topological polar surface area (TPSA) is 78.3 Å². The zero-order valence-corrected chi connectivity index (χ0v) is 16.8. The number of aromatic nitrogens is 3. The van der Waals surface area contributed by atoms with Crippen LogP contribution in [0.4, 0.5) is 27.9 Å². The van der Waals surface area contributed by atoms with Crippen molar-refractivity contribution in [3.63, 3.8) is 0 Å². The zero-order chi connectivity index (χ0) is 20.8. The lowest BCUT2D eigenvalue weighted by molar-refractivity contribution is 0.568. The van der Waals surface area contributed by atoms with Crippen LogP contribution in [0.1, 0.15) is 31.7 Å². The fraction of sp³-hybridized carbons (Fsp3) is 0.273. The second kappa shape index (κ2) is 9.30. The molecular formula is C22H24FN7. The van der Waals surface area contributed by atoms with Crippen LogP contribution in [-0.2, 0) is 0 Å². The first-order chi connectivity index (χ1) is 14.7. The molecule has 154 valence electrons. The molecule has 0 saturated carbocycles. The molecule has 1 aliphatic rings. The molecule has 3 aromatic rings. The minimum absolute atomic E-state index is 0.278. The van der Waals surface area contributed by atoms with Crippen LogP contribution in [0.2, 0.25) is 0 Å². The van der Waals surface area contributed by atoms with Gasteiger partial charge in [-0.05, 0) is 56.0 Å². The van der Waals surface area contributed by atoms with Crippen molar-refractivity contribution in [3.8, 4) is 0 Å². The maximum Gasteiger partial charge on any atom is 0.250 e. The van der Waals surface area contributed by atoms with Crippen molar-refractivity contribution in [2.24, 2.45) is 5.10 Å². The fourth-order valence-electron chi connectivity index (χ4n) is 3.25. The Bertz CT molecular complexity index is 1000. The largest absolute Gasteiger partial charge is 0.341 e. The van der Waals surface area contributed by atoms with Crippen molar-refractivity contribution in [1.29, 1.82) is 0 Å². The van der Waals surface area contributed by atoms with E-state index in [-0.39, 0.29) is 5.82 Å². The molecular weight excluding hydrogens is 381 g/mol. The summed E-state index contributed by atoms with van der Waals surface area (Å²) < 4.78 is 13.2. The summed E-state index contributed by atoms with van der Waals surface area (Å²) in [5, 5.41) is 7.60. The molecule has 0 spiro atoms. The Hall–Kier alpha value is -3.55. The van der Waals surface area contributed by atoms with Crippen molar-refractivity contribution < 1.29 is 4.39 Å². The molecule has 4 rings (SSSR count). The number of rotatable bonds is 6.